The first-order valence-corrected chi connectivity index (χ1v) is 3.83. The smallest absolute Gasteiger partial charge is 0.226 e. The molecule has 0 aliphatic heterocycles. The Bertz CT molecular complexity index is 252. The van der Waals surface area contributed by atoms with Gasteiger partial charge in [-0.05, 0) is 12.1 Å². The van der Waals surface area contributed by atoms with Crippen LogP contribution in [0.25, 0.3) is 0 Å². The molecule has 12 heavy (non-hydrogen) atoms. The Morgan fingerprint density at radius 1 is 1.75 bits per heavy atom. The van der Waals surface area contributed by atoms with Crippen LogP contribution in [0, 0.1) is 0 Å². The third-order valence-corrected chi connectivity index (χ3v) is 1.46. The van der Waals surface area contributed by atoms with Gasteiger partial charge in [-0.25, -0.2) is 0 Å². The van der Waals surface area contributed by atoms with Crippen molar-refractivity contribution in [3.05, 3.63) is 36.7 Å². The van der Waals surface area contributed by atoms with E-state index in [1.54, 1.807) is 12.3 Å². The summed E-state index contributed by atoms with van der Waals surface area (Å²) in [6, 6.07) is 3.75. The summed E-state index contributed by atoms with van der Waals surface area (Å²) in [5.74, 6) is 0.0114. The van der Waals surface area contributed by atoms with Crippen LogP contribution in [0.15, 0.2) is 31.0 Å². The fourth-order valence-electron chi connectivity index (χ4n) is 0.899. The van der Waals surface area contributed by atoms with Gasteiger partial charge in [-0.3, -0.25) is 4.79 Å². The molecule has 0 bridgehead atoms. The summed E-state index contributed by atoms with van der Waals surface area (Å²) in [6.45, 7) is 4.03. The zero-order valence-electron chi connectivity index (χ0n) is 6.84. The highest BCUT2D eigenvalue weighted by molar-refractivity contribution is 5.78. The number of carbonyl (C=O) groups excluding carboxylic acids is 1. The standard InChI is InChI=1S/C9H12N2O/c1-2-5-11-9(12)7-8-4-3-6-10-8/h2-4,6,10H,1,5,7H2,(H,11,12). The van der Waals surface area contributed by atoms with Gasteiger partial charge in [0.15, 0.2) is 0 Å². The molecule has 1 heterocycles. The monoisotopic (exact) mass is 164 g/mol. The van der Waals surface area contributed by atoms with E-state index >= 15 is 0 Å². The summed E-state index contributed by atoms with van der Waals surface area (Å²) in [4.78, 5) is 14.0. The molecule has 0 radical (unpaired) electrons. The molecule has 1 aromatic rings. The molecule has 0 unspecified atom stereocenters. The van der Waals surface area contributed by atoms with Gasteiger partial charge in [-0.2, -0.15) is 0 Å². The van der Waals surface area contributed by atoms with Crippen LogP contribution in [-0.2, 0) is 11.2 Å². The van der Waals surface area contributed by atoms with E-state index in [0.717, 1.165) is 5.69 Å². The summed E-state index contributed by atoms with van der Waals surface area (Å²) in [6.07, 6.45) is 3.86. The molecule has 0 saturated heterocycles. The van der Waals surface area contributed by atoms with Crippen LogP contribution in [0.3, 0.4) is 0 Å². The summed E-state index contributed by atoms with van der Waals surface area (Å²) in [7, 11) is 0. The normalized spacial score (nSPS) is 9.33. The van der Waals surface area contributed by atoms with Crippen molar-refractivity contribution in [2.45, 2.75) is 6.42 Å². The average molecular weight is 164 g/mol. The van der Waals surface area contributed by atoms with E-state index in [-0.39, 0.29) is 5.91 Å². The van der Waals surface area contributed by atoms with E-state index in [4.69, 9.17) is 0 Å². The summed E-state index contributed by atoms with van der Waals surface area (Å²) in [5.41, 5.74) is 0.927. The van der Waals surface area contributed by atoms with Crippen LogP contribution in [0.1, 0.15) is 5.69 Å². The maximum absolute atomic E-state index is 11.1. The number of amides is 1. The largest absolute Gasteiger partial charge is 0.365 e. The Balaban J connectivity index is 2.32. The van der Waals surface area contributed by atoms with Crippen LogP contribution in [0.5, 0.6) is 0 Å². The SMILES string of the molecule is C=CCNC(=O)Cc1ccc[nH]1. The van der Waals surface area contributed by atoms with Crippen LogP contribution in [0.4, 0.5) is 0 Å². The van der Waals surface area contributed by atoms with Crippen molar-refractivity contribution in [1.29, 1.82) is 0 Å². The number of carbonyl (C=O) groups is 1. The number of aromatic nitrogens is 1. The molecule has 0 aliphatic carbocycles. The second-order valence-corrected chi connectivity index (χ2v) is 2.46. The van der Waals surface area contributed by atoms with Gasteiger partial charge in [-0.1, -0.05) is 6.08 Å². The Labute approximate surface area is 71.5 Å². The molecule has 64 valence electrons. The molecule has 0 fully saturated rings. The highest BCUT2D eigenvalue weighted by Crippen LogP contribution is 1.94. The lowest BCUT2D eigenvalue weighted by Crippen LogP contribution is -2.24. The molecule has 2 N–H and O–H groups in total. The third-order valence-electron chi connectivity index (χ3n) is 1.46. The van der Waals surface area contributed by atoms with Crippen LogP contribution in [0.2, 0.25) is 0 Å². The minimum atomic E-state index is 0.0114. The van der Waals surface area contributed by atoms with Crippen molar-refractivity contribution in [2.24, 2.45) is 0 Å². The number of aromatic amines is 1. The van der Waals surface area contributed by atoms with Crippen molar-refractivity contribution in [2.75, 3.05) is 6.54 Å². The van der Waals surface area contributed by atoms with Gasteiger partial charge < -0.3 is 10.3 Å². The van der Waals surface area contributed by atoms with Crippen molar-refractivity contribution in [1.82, 2.24) is 10.3 Å². The first kappa shape index (κ1) is 8.59. The number of hydrogen-bond acceptors (Lipinski definition) is 1. The number of H-pyrrole nitrogens is 1. The van der Waals surface area contributed by atoms with E-state index in [2.05, 4.69) is 16.9 Å². The topological polar surface area (TPSA) is 44.9 Å². The maximum atomic E-state index is 11.1. The van der Waals surface area contributed by atoms with E-state index in [1.807, 2.05) is 12.1 Å². The molecule has 0 saturated carbocycles. The Kier molecular flexibility index (Phi) is 3.14. The summed E-state index contributed by atoms with van der Waals surface area (Å²) < 4.78 is 0. The van der Waals surface area contributed by atoms with Crippen LogP contribution >= 0.6 is 0 Å². The Morgan fingerprint density at radius 2 is 2.58 bits per heavy atom. The lowest BCUT2D eigenvalue weighted by molar-refractivity contribution is -0.120. The van der Waals surface area contributed by atoms with E-state index in [9.17, 15) is 4.79 Å². The first-order valence-electron chi connectivity index (χ1n) is 3.83. The summed E-state index contributed by atoms with van der Waals surface area (Å²) in [5, 5.41) is 2.69. The molecule has 0 atom stereocenters. The highest BCUT2D eigenvalue weighted by atomic mass is 16.1. The van der Waals surface area contributed by atoms with Crippen molar-refractivity contribution in [3.63, 3.8) is 0 Å². The lowest BCUT2D eigenvalue weighted by Gasteiger charge is -1.99. The number of hydrogen-bond donors (Lipinski definition) is 2. The molecular formula is C9H12N2O. The van der Waals surface area contributed by atoms with E-state index < -0.39 is 0 Å². The quantitative estimate of drug-likeness (QED) is 0.637. The molecule has 3 heteroatoms. The second kappa shape index (κ2) is 4.38. The molecule has 0 aliphatic rings. The van der Waals surface area contributed by atoms with Crippen LogP contribution < -0.4 is 5.32 Å². The Morgan fingerprint density at radius 3 is 3.17 bits per heavy atom. The molecule has 1 rings (SSSR count). The minimum absolute atomic E-state index is 0.0114. The fourth-order valence-corrected chi connectivity index (χ4v) is 0.899. The molecule has 0 aromatic carbocycles. The predicted octanol–water partition coefficient (Wildman–Crippen LogP) is 0.859. The maximum Gasteiger partial charge on any atom is 0.226 e. The van der Waals surface area contributed by atoms with Gasteiger partial charge in [0.1, 0.15) is 0 Å². The lowest BCUT2D eigenvalue weighted by atomic mass is 10.3. The summed E-state index contributed by atoms with van der Waals surface area (Å²) >= 11 is 0. The highest BCUT2D eigenvalue weighted by Gasteiger charge is 2.00. The fraction of sp³-hybridized carbons (Fsp3) is 0.222. The van der Waals surface area contributed by atoms with Crippen molar-refractivity contribution < 1.29 is 4.79 Å². The van der Waals surface area contributed by atoms with E-state index in [0.29, 0.717) is 13.0 Å². The predicted molar refractivity (Wildman–Crippen MR) is 47.7 cm³/mol. The zero-order chi connectivity index (χ0) is 8.81. The van der Waals surface area contributed by atoms with E-state index in [1.165, 1.54) is 0 Å². The van der Waals surface area contributed by atoms with Gasteiger partial charge >= 0.3 is 0 Å². The zero-order valence-corrected chi connectivity index (χ0v) is 6.84. The number of nitrogens with one attached hydrogen (secondary N) is 2. The molecule has 3 nitrogen and oxygen atoms in total. The number of rotatable bonds is 4. The van der Waals surface area contributed by atoms with Crippen molar-refractivity contribution >= 4 is 5.91 Å². The van der Waals surface area contributed by atoms with Gasteiger partial charge in [0, 0.05) is 18.4 Å². The average Bonchev–Trinajstić information content (AvgIpc) is 2.53. The molecule has 1 amide bonds. The van der Waals surface area contributed by atoms with Gasteiger partial charge in [0.2, 0.25) is 5.91 Å². The Hall–Kier alpha value is -1.51. The van der Waals surface area contributed by atoms with Gasteiger partial charge in [-0.15, -0.1) is 6.58 Å². The molecular weight excluding hydrogens is 152 g/mol. The van der Waals surface area contributed by atoms with Crippen molar-refractivity contribution in [3.8, 4) is 0 Å². The first-order chi connectivity index (χ1) is 5.83. The molecule has 1 aromatic heterocycles. The third kappa shape index (κ3) is 2.62. The van der Waals surface area contributed by atoms with Crippen LogP contribution in [-0.4, -0.2) is 17.4 Å². The molecule has 0 spiro atoms. The second-order valence-electron chi connectivity index (χ2n) is 2.46. The van der Waals surface area contributed by atoms with Gasteiger partial charge in [0.25, 0.3) is 0 Å². The minimum Gasteiger partial charge on any atom is -0.365 e. The van der Waals surface area contributed by atoms with Gasteiger partial charge in [0.05, 0.1) is 6.42 Å².